The first-order valence-electron chi connectivity index (χ1n) is 6.22. The van der Waals surface area contributed by atoms with E-state index in [1.165, 1.54) is 32.1 Å². The van der Waals surface area contributed by atoms with Crippen LogP contribution in [0.5, 0.6) is 0 Å². The van der Waals surface area contributed by atoms with E-state index < -0.39 is 0 Å². The summed E-state index contributed by atoms with van der Waals surface area (Å²) in [7, 11) is 2.04. The molecule has 0 bridgehead atoms. The second-order valence-electron chi connectivity index (χ2n) is 5.16. The minimum absolute atomic E-state index is 0.283. The maximum atomic E-state index is 5.99. The summed E-state index contributed by atoms with van der Waals surface area (Å²) in [6.07, 6.45) is 7.47. The Morgan fingerprint density at radius 2 is 1.94 bits per heavy atom. The second-order valence-corrected chi connectivity index (χ2v) is 5.16. The number of aromatic nitrogens is 3. The fraction of sp³-hybridized carbons (Fsp3) is 0.833. The lowest BCUT2D eigenvalue weighted by Gasteiger charge is -2.35. The first-order chi connectivity index (χ1) is 7.67. The fourth-order valence-corrected chi connectivity index (χ4v) is 2.70. The van der Waals surface area contributed by atoms with E-state index in [0.717, 1.165) is 24.6 Å². The van der Waals surface area contributed by atoms with Gasteiger partial charge in [-0.25, -0.2) is 0 Å². The van der Waals surface area contributed by atoms with E-state index in [9.17, 15) is 0 Å². The number of aryl methyl sites for hydroxylation is 1. The van der Waals surface area contributed by atoms with Gasteiger partial charge in [0.25, 0.3) is 0 Å². The summed E-state index contributed by atoms with van der Waals surface area (Å²) in [6, 6.07) is 0. The van der Waals surface area contributed by atoms with Crippen LogP contribution >= 0.6 is 0 Å². The quantitative estimate of drug-likeness (QED) is 0.844. The van der Waals surface area contributed by atoms with Crippen LogP contribution in [0, 0.1) is 12.3 Å². The van der Waals surface area contributed by atoms with Crippen molar-refractivity contribution in [2.45, 2.75) is 45.4 Å². The molecule has 1 aromatic rings. The minimum atomic E-state index is 0.283. The number of nitrogens with zero attached hydrogens (tertiary/aromatic N) is 3. The molecule has 0 atom stereocenters. The molecule has 1 aromatic heterocycles. The van der Waals surface area contributed by atoms with Gasteiger partial charge in [0, 0.05) is 13.5 Å². The topological polar surface area (TPSA) is 56.7 Å². The monoisotopic (exact) mass is 222 g/mol. The molecule has 4 nitrogen and oxygen atoms in total. The Balaban J connectivity index is 2.14. The standard InChI is InChI=1S/C12H22N4/c1-10-14-15-11(16(10)2)8-12(9-13)6-4-3-5-7-12/h3-9,13H2,1-2H3. The third kappa shape index (κ3) is 2.12. The molecule has 16 heavy (non-hydrogen) atoms. The summed E-state index contributed by atoms with van der Waals surface area (Å²) in [5.41, 5.74) is 6.27. The van der Waals surface area contributed by atoms with Crippen LogP contribution in [0.1, 0.15) is 43.8 Å². The zero-order valence-electron chi connectivity index (χ0n) is 10.4. The van der Waals surface area contributed by atoms with Crippen LogP contribution in [0.3, 0.4) is 0 Å². The molecule has 1 aliphatic carbocycles. The van der Waals surface area contributed by atoms with E-state index in [1.807, 2.05) is 14.0 Å². The molecular weight excluding hydrogens is 200 g/mol. The number of hydrogen-bond donors (Lipinski definition) is 1. The normalized spacial score (nSPS) is 19.9. The molecule has 0 spiro atoms. The van der Waals surface area contributed by atoms with Crippen molar-refractivity contribution >= 4 is 0 Å². The summed E-state index contributed by atoms with van der Waals surface area (Å²) in [5.74, 6) is 2.07. The highest BCUT2D eigenvalue weighted by Crippen LogP contribution is 2.37. The molecular formula is C12H22N4. The summed E-state index contributed by atoms with van der Waals surface area (Å²) in [5, 5.41) is 8.38. The molecule has 1 saturated carbocycles. The van der Waals surface area contributed by atoms with Gasteiger partial charge in [0.15, 0.2) is 0 Å². The zero-order chi connectivity index (χ0) is 11.6. The Morgan fingerprint density at radius 3 is 2.44 bits per heavy atom. The SMILES string of the molecule is Cc1nnc(CC2(CN)CCCCC2)n1C. The number of nitrogens with two attached hydrogens (primary N) is 1. The lowest BCUT2D eigenvalue weighted by Crippen LogP contribution is -2.35. The predicted octanol–water partition coefficient (Wildman–Crippen LogP) is 1.58. The molecule has 1 aliphatic rings. The molecule has 90 valence electrons. The fourth-order valence-electron chi connectivity index (χ4n) is 2.70. The summed E-state index contributed by atoms with van der Waals surface area (Å²) >= 11 is 0. The highest BCUT2D eigenvalue weighted by Gasteiger charge is 2.32. The number of rotatable bonds is 3. The molecule has 2 N–H and O–H groups in total. The molecule has 0 radical (unpaired) electrons. The summed E-state index contributed by atoms with van der Waals surface area (Å²) in [6.45, 7) is 2.77. The van der Waals surface area contributed by atoms with Gasteiger partial charge in [-0.2, -0.15) is 0 Å². The van der Waals surface area contributed by atoms with Crippen molar-refractivity contribution < 1.29 is 0 Å². The molecule has 1 fully saturated rings. The van der Waals surface area contributed by atoms with Crippen LogP contribution in [-0.4, -0.2) is 21.3 Å². The maximum Gasteiger partial charge on any atom is 0.133 e. The van der Waals surface area contributed by atoms with Gasteiger partial charge in [-0.3, -0.25) is 0 Å². The molecule has 0 aromatic carbocycles. The van der Waals surface area contributed by atoms with Gasteiger partial charge < -0.3 is 10.3 Å². The number of hydrogen-bond acceptors (Lipinski definition) is 3. The van der Waals surface area contributed by atoms with Crippen LogP contribution in [0.15, 0.2) is 0 Å². The van der Waals surface area contributed by atoms with Gasteiger partial charge >= 0.3 is 0 Å². The molecule has 0 aliphatic heterocycles. The average Bonchev–Trinajstić information content (AvgIpc) is 2.62. The molecule has 0 saturated heterocycles. The second kappa shape index (κ2) is 4.53. The third-order valence-corrected chi connectivity index (χ3v) is 4.06. The lowest BCUT2D eigenvalue weighted by atomic mass is 9.71. The van der Waals surface area contributed by atoms with E-state index in [4.69, 9.17) is 5.73 Å². The summed E-state index contributed by atoms with van der Waals surface area (Å²) in [4.78, 5) is 0. The average molecular weight is 222 g/mol. The van der Waals surface area contributed by atoms with Crippen LogP contribution in [0.2, 0.25) is 0 Å². The Morgan fingerprint density at radius 1 is 1.25 bits per heavy atom. The highest BCUT2D eigenvalue weighted by atomic mass is 15.3. The van der Waals surface area contributed by atoms with Crippen molar-refractivity contribution in [2.75, 3.05) is 6.54 Å². The van der Waals surface area contributed by atoms with Crippen molar-refractivity contribution in [1.82, 2.24) is 14.8 Å². The van der Waals surface area contributed by atoms with Crippen molar-refractivity contribution in [3.05, 3.63) is 11.6 Å². The van der Waals surface area contributed by atoms with Crippen molar-refractivity contribution in [3.63, 3.8) is 0 Å². The van der Waals surface area contributed by atoms with Gasteiger partial charge in [-0.1, -0.05) is 19.3 Å². The van der Waals surface area contributed by atoms with Crippen LogP contribution < -0.4 is 5.73 Å². The molecule has 4 heteroatoms. The zero-order valence-corrected chi connectivity index (χ0v) is 10.4. The molecule has 0 amide bonds. The largest absolute Gasteiger partial charge is 0.330 e. The smallest absolute Gasteiger partial charge is 0.133 e. The maximum absolute atomic E-state index is 5.99. The van der Waals surface area contributed by atoms with E-state index >= 15 is 0 Å². The Labute approximate surface area is 97.2 Å². The van der Waals surface area contributed by atoms with E-state index in [-0.39, 0.29) is 5.41 Å². The van der Waals surface area contributed by atoms with Crippen LogP contribution in [0.25, 0.3) is 0 Å². The molecule has 0 unspecified atom stereocenters. The van der Waals surface area contributed by atoms with E-state index in [1.54, 1.807) is 0 Å². The Bertz CT molecular complexity index is 350. The van der Waals surface area contributed by atoms with Crippen molar-refractivity contribution in [3.8, 4) is 0 Å². The first kappa shape index (κ1) is 11.6. The van der Waals surface area contributed by atoms with Crippen molar-refractivity contribution in [1.29, 1.82) is 0 Å². The molecule has 1 heterocycles. The van der Waals surface area contributed by atoms with E-state index in [2.05, 4.69) is 14.8 Å². The van der Waals surface area contributed by atoms with Gasteiger partial charge in [-0.15, -0.1) is 10.2 Å². The minimum Gasteiger partial charge on any atom is -0.330 e. The predicted molar refractivity (Wildman–Crippen MR) is 64.0 cm³/mol. The third-order valence-electron chi connectivity index (χ3n) is 4.06. The van der Waals surface area contributed by atoms with Crippen LogP contribution in [-0.2, 0) is 13.5 Å². The molecule has 2 rings (SSSR count). The van der Waals surface area contributed by atoms with Crippen LogP contribution in [0.4, 0.5) is 0 Å². The van der Waals surface area contributed by atoms with Gasteiger partial charge in [0.2, 0.25) is 0 Å². The van der Waals surface area contributed by atoms with Gasteiger partial charge in [0.05, 0.1) is 0 Å². The Hall–Kier alpha value is -0.900. The summed E-state index contributed by atoms with van der Waals surface area (Å²) < 4.78 is 2.09. The highest BCUT2D eigenvalue weighted by molar-refractivity contribution is 4.99. The van der Waals surface area contributed by atoms with E-state index in [0.29, 0.717) is 0 Å². The lowest BCUT2D eigenvalue weighted by molar-refractivity contribution is 0.192. The first-order valence-corrected chi connectivity index (χ1v) is 6.22. The van der Waals surface area contributed by atoms with Gasteiger partial charge in [0.1, 0.15) is 11.6 Å². The van der Waals surface area contributed by atoms with Gasteiger partial charge in [-0.05, 0) is 31.7 Å². The van der Waals surface area contributed by atoms with Crippen molar-refractivity contribution in [2.24, 2.45) is 18.2 Å². The Kier molecular flexibility index (Phi) is 3.28.